The first kappa shape index (κ1) is 19.4. The van der Waals surface area contributed by atoms with Gasteiger partial charge in [0, 0.05) is 10.9 Å². The third kappa shape index (κ3) is 3.82. The van der Waals surface area contributed by atoms with Gasteiger partial charge in [0.25, 0.3) is 0 Å². The van der Waals surface area contributed by atoms with E-state index in [-0.39, 0.29) is 11.4 Å². The number of benzene rings is 3. The molecule has 1 aromatic heterocycles. The van der Waals surface area contributed by atoms with Crippen molar-refractivity contribution in [2.24, 2.45) is 0 Å². The highest BCUT2D eigenvalue weighted by atomic mass is 32.2. The van der Waals surface area contributed by atoms with E-state index in [1.165, 1.54) is 0 Å². The smallest absolute Gasteiger partial charge is 0.245 e. The van der Waals surface area contributed by atoms with Gasteiger partial charge in [-0.1, -0.05) is 54.6 Å². The Morgan fingerprint density at radius 1 is 0.897 bits per heavy atom. The van der Waals surface area contributed by atoms with Crippen LogP contribution < -0.4 is 4.74 Å². The summed E-state index contributed by atoms with van der Waals surface area (Å²) in [6.07, 6.45) is 0. The van der Waals surface area contributed by atoms with Crippen LogP contribution in [0, 0.1) is 0 Å². The zero-order valence-corrected chi connectivity index (χ0v) is 17.5. The zero-order valence-electron chi connectivity index (χ0n) is 16.6. The van der Waals surface area contributed by atoms with Gasteiger partial charge in [-0.25, -0.2) is 0 Å². The van der Waals surface area contributed by atoms with E-state index >= 15 is 0 Å². The Hall–Kier alpha value is -2.95. The highest BCUT2D eigenvalue weighted by molar-refractivity contribution is 7.33. The average Bonchev–Trinajstić information content (AvgIpc) is 3.00. The molecule has 0 saturated carbocycles. The molecule has 1 heterocycles. The highest BCUT2D eigenvalue weighted by Crippen LogP contribution is 2.45. The topological polar surface area (TPSA) is 49.4 Å². The van der Waals surface area contributed by atoms with Gasteiger partial charge in [-0.2, -0.15) is 0 Å². The van der Waals surface area contributed by atoms with Crippen LogP contribution in [0.2, 0.25) is 0 Å². The second-order valence-corrected chi connectivity index (χ2v) is 9.29. The maximum Gasteiger partial charge on any atom is 0.245 e. The molecule has 4 rings (SSSR count). The highest BCUT2D eigenvalue weighted by Gasteiger charge is 2.30. The van der Waals surface area contributed by atoms with Crippen LogP contribution in [-0.4, -0.2) is 15.9 Å². The van der Waals surface area contributed by atoms with Gasteiger partial charge in [0.2, 0.25) is 10.7 Å². The number of carbonyl (C=O) groups excluding carboxylic acids is 1. The predicted octanol–water partition coefficient (Wildman–Crippen LogP) is 6.64. The van der Waals surface area contributed by atoms with Gasteiger partial charge in [-0.05, 0) is 61.4 Å². The summed E-state index contributed by atoms with van der Waals surface area (Å²) in [6.45, 7) is 5.88. The van der Waals surface area contributed by atoms with Crippen LogP contribution in [-0.2, 0) is 0 Å². The van der Waals surface area contributed by atoms with Crippen LogP contribution in [0.5, 0.6) is 5.75 Å². The second-order valence-electron chi connectivity index (χ2n) is 7.91. The maximum atomic E-state index is 13.5. The van der Waals surface area contributed by atoms with Crippen molar-refractivity contribution >= 4 is 26.6 Å². The number of ketones is 1. The minimum absolute atomic E-state index is 0.238. The van der Waals surface area contributed by atoms with Crippen molar-refractivity contribution in [2.45, 2.75) is 26.4 Å². The Morgan fingerprint density at radius 2 is 1.59 bits per heavy atom. The van der Waals surface area contributed by atoms with E-state index in [0.29, 0.717) is 20.9 Å². The Morgan fingerprint density at radius 3 is 2.31 bits per heavy atom. The number of carbonyl (C=O) groups is 1. The number of hydrogen-bond acceptors (Lipinski definition) is 3. The molecule has 4 aromatic rings. The fourth-order valence-corrected chi connectivity index (χ4v) is 4.93. The normalized spacial score (nSPS) is 12.2. The summed E-state index contributed by atoms with van der Waals surface area (Å²) in [5.41, 5.74) is 1.72. The number of thiophene rings is 1. The van der Waals surface area contributed by atoms with E-state index in [1.807, 2.05) is 81.4 Å². The minimum atomic E-state index is -1.53. The molecule has 146 valence electrons. The minimum Gasteiger partial charge on any atom is -0.590 e. The molecular formula is C25H22O3S. The van der Waals surface area contributed by atoms with Crippen LogP contribution in [0.15, 0.2) is 78.9 Å². The van der Waals surface area contributed by atoms with Gasteiger partial charge < -0.3 is 9.29 Å². The zero-order chi connectivity index (χ0) is 20.6. The Balaban J connectivity index is 1.90. The summed E-state index contributed by atoms with van der Waals surface area (Å²) in [5.74, 6) is 0.379. The van der Waals surface area contributed by atoms with Crippen molar-refractivity contribution in [1.29, 1.82) is 0 Å². The molecule has 29 heavy (non-hydrogen) atoms. The molecule has 0 fully saturated rings. The lowest BCUT2D eigenvalue weighted by molar-refractivity contribution is 0.103. The molecule has 1 atom stereocenters. The second kappa shape index (κ2) is 7.47. The van der Waals surface area contributed by atoms with E-state index in [1.54, 1.807) is 18.2 Å². The quantitative estimate of drug-likeness (QED) is 0.284. The van der Waals surface area contributed by atoms with Crippen LogP contribution in [0.1, 0.15) is 36.0 Å². The Kier molecular flexibility index (Phi) is 4.99. The average molecular weight is 403 g/mol. The SMILES string of the molecule is CC(C)(C)Oc1cccc(C(=O)c2c(-c3ccccc3)c3ccccc3[s+]2[O-])c1. The van der Waals surface area contributed by atoms with Crippen molar-refractivity contribution in [3.05, 3.63) is 89.3 Å². The number of fused-ring (bicyclic) bond motifs is 1. The third-order valence-corrected chi connectivity index (χ3v) is 6.07. The molecule has 0 aliphatic heterocycles. The molecule has 0 aliphatic carbocycles. The molecule has 0 spiro atoms. The lowest BCUT2D eigenvalue weighted by Gasteiger charge is -2.21. The summed E-state index contributed by atoms with van der Waals surface area (Å²) in [5, 5.41) is 0.850. The maximum absolute atomic E-state index is 13.5. The van der Waals surface area contributed by atoms with Crippen molar-refractivity contribution in [3.63, 3.8) is 0 Å². The van der Waals surface area contributed by atoms with Gasteiger partial charge in [-0.15, -0.1) is 0 Å². The van der Waals surface area contributed by atoms with Gasteiger partial charge in [-0.3, -0.25) is 4.79 Å². The van der Waals surface area contributed by atoms with E-state index < -0.39 is 10.8 Å². The fraction of sp³-hybridized carbons (Fsp3) is 0.160. The summed E-state index contributed by atoms with van der Waals surface area (Å²) in [6, 6.07) is 24.3. The molecule has 0 amide bonds. The largest absolute Gasteiger partial charge is 0.590 e. The third-order valence-electron chi connectivity index (χ3n) is 4.56. The van der Waals surface area contributed by atoms with Crippen molar-refractivity contribution < 1.29 is 14.1 Å². The van der Waals surface area contributed by atoms with Crippen LogP contribution in [0.25, 0.3) is 21.2 Å². The molecule has 0 saturated heterocycles. The summed E-state index contributed by atoms with van der Waals surface area (Å²) in [4.78, 5) is 13.8. The lowest BCUT2D eigenvalue weighted by atomic mass is 9.98. The molecule has 3 aromatic carbocycles. The van der Waals surface area contributed by atoms with Gasteiger partial charge >= 0.3 is 0 Å². The van der Waals surface area contributed by atoms with Crippen molar-refractivity contribution in [3.8, 4) is 16.9 Å². The van der Waals surface area contributed by atoms with E-state index in [9.17, 15) is 9.35 Å². The Labute approximate surface area is 173 Å². The standard InChI is InChI=1S/C25H22O3S/c1-25(2,3)28-19-13-9-12-18(16-19)23(26)24-22(17-10-5-4-6-11-17)20-14-7-8-15-21(20)29(24)27/h4-16H,1-3H3. The van der Waals surface area contributed by atoms with Gasteiger partial charge in [0.1, 0.15) is 11.4 Å². The first-order valence-corrected chi connectivity index (χ1v) is 10.6. The molecule has 3 nitrogen and oxygen atoms in total. The first-order valence-electron chi connectivity index (χ1n) is 9.50. The van der Waals surface area contributed by atoms with Crippen molar-refractivity contribution in [2.75, 3.05) is 0 Å². The van der Waals surface area contributed by atoms with Gasteiger partial charge in [0.15, 0.2) is 4.70 Å². The molecular weight excluding hydrogens is 380 g/mol. The summed E-state index contributed by atoms with van der Waals surface area (Å²) in [7, 11) is -1.53. The van der Waals surface area contributed by atoms with Crippen molar-refractivity contribution in [1.82, 2.24) is 0 Å². The number of hydrogen-bond donors (Lipinski definition) is 0. The molecule has 1 unspecified atom stereocenters. The van der Waals surface area contributed by atoms with E-state index in [4.69, 9.17) is 4.74 Å². The number of rotatable bonds is 4. The lowest BCUT2D eigenvalue weighted by Crippen LogP contribution is -2.23. The monoisotopic (exact) mass is 402 g/mol. The fourth-order valence-electron chi connectivity index (χ4n) is 3.43. The summed E-state index contributed by atoms with van der Waals surface area (Å²) < 4.78 is 19.9. The number of ether oxygens (including phenoxy) is 1. The summed E-state index contributed by atoms with van der Waals surface area (Å²) >= 11 is 0. The van der Waals surface area contributed by atoms with Crippen LogP contribution >= 0.6 is 10.8 Å². The van der Waals surface area contributed by atoms with Gasteiger partial charge in [0.05, 0.1) is 5.56 Å². The van der Waals surface area contributed by atoms with Crippen LogP contribution in [0.4, 0.5) is 0 Å². The Bertz CT molecular complexity index is 1180. The van der Waals surface area contributed by atoms with E-state index in [0.717, 1.165) is 16.5 Å². The molecule has 0 N–H and O–H groups in total. The molecule has 0 aliphatic rings. The predicted molar refractivity (Wildman–Crippen MR) is 118 cm³/mol. The molecule has 0 radical (unpaired) electrons. The molecule has 0 bridgehead atoms. The van der Waals surface area contributed by atoms with E-state index in [2.05, 4.69) is 0 Å². The first-order chi connectivity index (χ1) is 13.8. The van der Waals surface area contributed by atoms with Crippen LogP contribution in [0.3, 0.4) is 0 Å². The molecule has 4 heteroatoms.